The van der Waals surface area contributed by atoms with Crippen molar-refractivity contribution in [1.82, 2.24) is 10.2 Å². The molecule has 0 heterocycles. The van der Waals surface area contributed by atoms with Crippen molar-refractivity contribution in [3.8, 4) is 5.75 Å². The van der Waals surface area contributed by atoms with Gasteiger partial charge in [-0.15, -0.1) is 0 Å². The topological polar surface area (TPSA) is 58.6 Å². The molecular weight excluding hydrogens is 423 g/mol. The molecule has 30 heavy (non-hydrogen) atoms. The fraction of sp³-hybridized carbons (Fsp3) is 0.391. The van der Waals surface area contributed by atoms with Crippen LogP contribution in [0.25, 0.3) is 0 Å². The van der Waals surface area contributed by atoms with Crippen molar-refractivity contribution in [2.75, 3.05) is 6.61 Å². The fourth-order valence-corrected chi connectivity index (χ4v) is 3.33. The smallest absolute Gasteiger partial charge is 0.261 e. The van der Waals surface area contributed by atoms with Crippen LogP contribution in [0.5, 0.6) is 5.75 Å². The lowest BCUT2D eigenvalue weighted by Crippen LogP contribution is -2.50. The van der Waals surface area contributed by atoms with Gasteiger partial charge in [0, 0.05) is 17.6 Å². The quantitative estimate of drug-likeness (QED) is 0.583. The van der Waals surface area contributed by atoms with Crippen molar-refractivity contribution in [2.24, 2.45) is 0 Å². The number of carbonyl (C=O) groups is 2. The summed E-state index contributed by atoms with van der Waals surface area (Å²) < 4.78 is 5.61. The molecule has 2 amide bonds. The van der Waals surface area contributed by atoms with Crippen LogP contribution < -0.4 is 10.1 Å². The molecule has 0 saturated heterocycles. The predicted octanol–water partition coefficient (Wildman–Crippen LogP) is 5.01. The van der Waals surface area contributed by atoms with Gasteiger partial charge in [0.05, 0.1) is 5.02 Å². The molecule has 0 saturated carbocycles. The van der Waals surface area contributed by atoms with Gasteiger partial charge in [0.15, 0.2) is 6.61 Å². The van der Waals surface area contributed by atoms with Gasteiger partial charge >= 0.3 is 0 Å². The lowest BCUT2D eigenvalue weighted by molar-refractivity contribution is -0.142. The molecule has 0 unspecified atom stereocenters. The Morgan fingerprint density at radius 1 is 1.13 bits per heavy atom. The summed E-state index contributed by atoms with van der Waals surface area (Å²) in [6, 6.07) is 12.0. The molecule has 7 heteroatoms. The average Bonchev–Trinajstić information content (AvgIpc) is 2.70. The second kappa shape index (κ2) is 11.2. The Bertz CT molecular complexity index is 889. The Kier molecular flexibility index (Phi) is 9.00. The van der Waals surface area contributed by atoms with Crippen LogP contribution in [-0.4, -0.2) is 35.4 Å². The van der Waals surface area contributed by atoms with Gasteiger partial charge in [0.25, 0.3) is 5.91 Å². The molecule has 2 aromatic rings. The van der Waals surface area contributed by atoms with Gasteiger partial charge in [0.2, 0.25) is 5.91 Å². The minimum absolute atomic E-state index is 0.0278. The zero-order chi connectivity index (χ0) is 22.3. The molecule has 2 rings (SSSR count). The molecule has 5 nitrogen and oxygen atoms in total. The molecule has 0 aliphatic heterocycles. The molecule has 0 aliphatic rings. The molecule has 0 aliphatic carbocycles. The number of amides is 2. The van der Waals surface area contributed by atoms with E-state index in [1.807, 2.05) is 45.0 Å². The van der Waals surface area contributed by atoms with E-state index in [1.54, 1.807) is 25.1 Å². The van der Waals surface area contributed by atoms with Crippen LogP contribution in [0.2, 0.25) is 10.0 Å². The maximum Gasteiger partial charge on any atom is 0.261 e. The lowest BCUT2D eigenvalue weighted by Gasteiger charge is -2.29. The molecule has 0 fully saturated rings. The highest BCUT2D eigenvalue weighted by molar-refractivity contribution is 6.35. The SMILES string of the molecule is CC[C@H](C)NC(=O)[C@H](C)N(Cc1cccc(C)c1)C(=O)COc1ccc(Cl)cc1Cl. The number of halogens is 2. The Morgan fingerprint density at radius 2 is 1.87 bits per heavy atom. The number of rotatable bonds is 9. The van der Waals surface area contributed by atoms with E-state index < -0.39 is 6.04 Å². The summed E-state index contributed by atoms with van der Waals surface area (Å²) in [7, 11) is 0. The van der Waals surface area contributed by atoms with Crippen molar-refractivity contribution < 1.29 is 14.3 Å². The molecule has 162 valence electrons. The zero-order valence-corrected chi connectivity index (χ0v) is 19.3. The van der Waals surface area contributed by atoms with E-state index in [0.717, 1.165) is 17.5 Å². The van der Waals surface area contributed by atoms with E-state index in [2.05, 4.69) is 5.32 Å². The van der Waals surface area contributed by atoms with Gasteiger partial charge in [-0.2, -0.15) is 0 Å². The highest BCUT2D eigenvalue weighted by Crippen LogP contribution is 2.27. The first-order valence-electron chi connectivity index (χ1n) is 9.94. The van der Waals surface area contributed by atoms with Gasteiger partial charge in [-0.1, -0.05) is 60.0 Å². The summed E-state index contributed by atoms with van der Waals surface area (Å²) in [6.07, 6.45) is 0.808. The van der Waals surface area contributed by atoms with Gasteiger partial charge in [-0.05, 0) is 51.0 Å². The monoisotopic (exact) mass is 450 g/mol. The van der Waals surface area contributed by atoms with Crippen LogP contribution in [0.4, 0.5) is 0 Å². The van der Waals surface area contributed by atoms with Gasteiger partial charge in [0.1, 0.15) is 11.8 Å². The van der Waals surface area contributed by atoms with E-state index in [4.69, 9.17) is 27.9 Å². The molecule has 0 aromatic heterocycles. The van der Waals surface area contributed by atoms with Crippen LogP contribution in [0, 0.1) is 6.92 Å². The third-order valence-electron chi connectivity index (χ3n) is 4.85. The Morgan fingerprint density at radius 3 is 2.50 bits per heavy atom. The van der Waals surface area contributed by atoms with Crippen molar-refractivity contribution in [1.29, 1.82) is 0 Å². The number of aryl methyl sites for hydroxylation is 1. The molecule has 0 radical (unpaired) electrons. The number of hydrogen-bond donors (Lipinski definition) is 1. The van der Waals surface area contributed by atoms with Crippen molar-refractivity contribution in [3.63, 3.8) is 0 Å². The molecule has 1 N–H and O–H groups in total. The Hall–Kier alpha value is -2.24. The van der Waals surface area contributed by atoms with E-state index in [0.29, 0.717) is 22.3 Å². The van der Waals surface area contributed by atoms with Crippen molar-refractivity contribution in [3.05, 3.63) is 63.6 Å². The van der Waals surface area contributed by atoms with Crippen LogP contribution in [0.3, 0.4) is 0 Å². The maximum atomic E-state index is 13.0. The minimum Gasteiger partial charge on any atom is -0.482 e. The first-order valence-corrected chi connectivity index (χ1v) is 10.7. The summed E-state index contributed by atoms with van der Waals surface area (Å²) in [4.78, 5) is 27.3. The third-order valence-corrected chi connectivity index (χ3v) is 5.38. The molecule has 0 spiro atoms. The summed E-state index contributed by atoms with van der Waals surface area (Å²) >= 11 is 12.0. The first-order chi connectivity index (χ1) is 14.2. The summed E-state index contributed by atoms with van der Waals surface area (Å²) in [5, 5.41) is 3.75. The Labute approximate surface area is 188 Å². The fourth-order valence-electron chi connectivity index (χ4n) is 2.87. The van der Waals surface area contributed by atoms with Gasteiger partial charge in [-0.3, -0.25) is 9.59 Å². The number of benzene rings is 2. The van der Waals surface area contributed by atoms with Gasteiger partial charge < -0.3 is 15.0 Å². The minimum atomic E-state index is -0.656. The summed E-state index contributed by atoms with van der Waals surface area (Å²) in [5.41, 5.74) is 2.02. The lowest BCUT2D eigenvalue weighted by atomic mass is 10.1. The second-order valence-corrected chi connectivity index (χ2v) is 8.21. The molecule has 2 atom stereocenters. The number of hydrogen-bond acceptors (Lipinski definition) is 3. The summed E-state index contributed by atoms with van der Waals surface area (Å²) in [6.45, 7) is 7.69. The van der Waals surface area contributed by atoms with E-state index in [1.165, 1.54) is 4.90 Å². The zero-order valence-electron chi connectivity index (χ0n) is 17.7. The van der Waals surface area contributed by atoms with Crippen LogP contribution in [0.1, 0.15) is 38.3 Å². The predicted molar refractivity (Wildman–Crippen MR) is 121 cm³/mol. The number of carbonyl (C=O) groups excluding carboxylic acids is 2. The number of nitrogens with one attached hydrogen (secondary N) is 1. The maximum absolute atomic E-state index is 13.0. The van der Waals surface area contributed by atoms with E-state index in [9.17, 15) is 9.59 Å². The first kappa shape index (κ1) is 24.0. The third kappa shape index (κ3) is 6.92. The average molecular weight is 451 g/mol. The normalized spacial score (nSPS) is 12.7. The number of nitrogens with zero attached hydrogens (tertiary/aromatic N) is 1. The highest BCUT2D eigenvalue weighted by Gasteiger charge is 2.27. The highest BCUT2D eigenvalue weighted by atomic mass is 35.5. The van der Waals surface area contributed by atoms with Crippen LogP contribution in [0.15, 0.2) is 42.5 Å². The Balaban J connectivity index is 2.18. The standard InChI is InChI=1S/C23H28Cl2N2O3/c1-5-16(3)26-23(29)17(4)27(13-18-8-6-7-15(2)11-18)22(28)14-30-21-10-9-19(24)12-20(21)25/h6-12,16-17H,5,13-14H2,1-4H3,(H,26,29)/t16-,17-/m0/s1. The van der Waals surface area contributed by atoms with Crippen molar-refractivity contribution >= 4 is 35.0 Å². The molecule has 2 aromatic carbocycles. The van der Waals surface area contributed by atoms with Crippen LogP contribution in [-0.2, 0) is 16.1 Å². The van der Waals surface area contributed by atoms with Crippen molar-refractivity contribution in [2.45, 2.75) is 52.7 Å². The van der Waals surface area contributed by atoms with Crippen LogP contribution >= 0.6 is 23.2 Å². The molecule has 0 bridgehead atoms. The largest absolute Gasteiger partial charge is 0.482 e. The molecular formula is C23H28Cl2N2O3. The van der Waals surface area contributed by atoms with Gasteiger partial charge in [-0.25, -0.2) is 0 Å². The van der Waals surface area contributed by atoms with E-state index in [-0.39, 0.29) is 24.5 Å². The summed E-state index contributed by atoms with van der Waals surface area (Å²) in [5.74, 6) is -0.147. The second-order valence-electron chi connectivity index (χ2n) is 7.37. The van der Waals surface area contributed by atoms with E-state index >= 15 is 0 Å². The number of ether oxygens (including phenoxy) is 1.